The van der Waals surface area contributed by atoms with E-state index in [0.29, 0.717) is 0 Å². The first kappa shape index (κ1) is 5.43. The first-order valence-electron chi connectivity index (χ1n) is 1.91. The molecule has 0 saturated carbocycles. The van der Waals surface area contributed by atoms with Crippen LogP contribution in [0.25, 0.3) is 0 Å². The molecule has 0 aromatic carbocycles. The number of nitrogens with zero attached hydrogens (tertiary/aromatic N) is 2. The maximum atomic E-state index is 9.84. The molecule has 1 aliphatic rings. The van der Waals surface area contributed by atoms with E-state index in [1.807, 2.05) is 0 Å². The Morgan fingerprint density at radius 1 is 1.75 bits per heavy atom. The van der Waals surface area contributed by atoms with Crippen LogP contribution >= 0.6 is 11.9 Å². The lowest BCUT2D eigenvalue weighted by Gasteiger charge is -1.99. The van der Waals surface area contributed by atoms with Crippen LogP contribution in [0.15, 0.2) is 11.5 Å². The number of hydrazine groups is 1. The second-order valence-electron chi connectivity index (χ2n) is 1.12. The Hall–Kier alpha value is -0.710. The first-order valence-corrected chi connectivity index (χ1v) is 2.74. The molecule has 0 aliphatic carbocycles. The van der Waals surface area contributed by atoms with E-state index in [4.69, 9.17) is 0 Å². The molecule has 43 valence electrons. The van der Waals surface area contributed by atoms with Crippen LogP contribution in [0.2, 0.25) is 0 Å². The van der Waals surface area contributed by atoms with Gasteiger partial charge in [0.25, 0.3) is 0 Å². The van der Waals surface area contributed by atoms with Gasteiger partial charge in [-0.3, -0.25) is 0 Å². The number of hydrogen-bond acceptors (Lipinski definition) is 3. The summed E-state index contributed by atoms with van der Waals surface area (Å²) >= 11 is 1.05. The highest BCUT2D eigenvalue weighted by Crippen LogP contribution is 2.19. The summed E-state index contributed by atoms with van der Waals surface area (Å²) in [6, 6.07) is 0. The zero-order chi connectivity index (χ0) is 5.98. The van der Waals surface area contributed by atoms with E-state index in [-0.39, 0.29) is 0 Å². The van der Waals surface area contributed by atoms with Crippen LogP contribution in [0.5, 0.6) is 0 Å². The van der Waals surface area contributed by atoms with Crippen LogP contribution in [0.3, 0.4) is 0 Å². The fourth-order valence-corrected chi connectivity index (χ4v) is 0.817. The molecule has 0 bridgehead atoms. The van der Waals surface area contributed by atoms with Crippen molar-refractivity contribution < 1.29 is 5.03 Å². The lowest BCUT2D eigenvalue weighted by atomic mass is 10.7. The highest BCUT2D eigenvalue weighted by atomic mass is 32.2. The maximum absolute atomic E-state index is 9.84. The summed E-state index contributed by atoms with van der Waals surface area (Å²) in [4.78, 5) is 9.84. The molecule has 4 nitrogen and oxygen atoms in total. The molecular weight excluding hydrogens is 128 g/mol. The van der Waals surface area contributed by atoms with Crippen LogP contribution in [0.1, 0.15) is 0 Å². The Morgan fingerprint density at radius 2 is 2.50 bits per heavy atom. The molecule has 0 unspecified atom stereocenters. The van der Waals surface area contributed by atoms with Gasteiger partial charge in [0.15, 0.2) is 11.6 Å². The Balaban J connectivity index is 2.41. The number of hydrogen-bond donors (Lipinski definition) is 0. The SMILES string of the molecule is O=[N+]([O-])N1[CH]C=CS1. The smallest absolute Gasteiger partial charge is 0.172 e. The van der Waals surface area contributed by atoms with Crippen molar-refractivity contribution in [2.24, 2.45) is 0 Å². The van der Waals surface area contributed by atoms with E-state index >= 15 is 0 Å². The second-order valence-corrected chi connectivity index (χ2v) is 1.98. The molecule has 0 aromatic rings. The van der Waals surface area contributed by atoms with Gasteiger partial charge in [0.1, 0.15) is 0 Å². The van der Waals surface area contributed by atoms with Crippen LogP contribution in [0.4, 0.5) is 0 Å². The molecule has 0 atom stereocenters. The topological polar surface area (TPSA) is 46.4 Å². The summed E-state index contributed by atoms with van der Waals surface area (Å²) in [5.41, 5.74) is 0. The third kappa shape index (κ3) is 0.919. The molecule has 1 radical (unpaired) electrons. The van der Waals surface area contributed by atoms with Crippen LogP contribution < -0.4 is 0 Å². The quantitative estimate of drug-likeness (QED) is 0.300. The molecule has 0 N–H and O–H groups in total. The fraction of sp³-hybridized carbons (Fsp3) is 0. The predicted octanol–water partition coefficient (Wildman–Crippen LogP) is 0.817. The van der Waals surface area contributed by atoms with Gasteiger partial charge in [-0.05, 0) is 11.5 Å². The summed E-state index contributed by atoms with van der Waals surface area (Å²) in [5.74, 6) is 0. The fourth-order valence-electron chi connectivity index (χ4n) is 0.334. The second kappa shape index (κ2) is 2.04. The van der Waals surface area contributed by atoms with Crippen LogP contribution in [-0.2, 0) is 0 Å². The molecule has 0 amide bonds. The molecule has 1 heterocycles. The maximum Gasteiger partial charge on any atom is 0.172 e. The average molecular weight is 131 g/mol. The zero-order valence-corrected chi connectivity index (χ0v) is 4.67. The molecular formula is C3H3N2O2S. The van der Waals surface area contributed by atoms with Crippen molar-refractivity contribution in [3.8, 4) is 0 Å². The number of rotatable bonds is 1. The van der Waals surface area contributed by atoms with E-state index < -0.39 is 5.03 Å². The van der Waals surface area contributed by atoms with E-state index in [1.54, 1.807) is 11.5 Å². The summed E-state index contributed by atoms with van der Waals surface area (Å²) in [5, 5.41) is 11.0. The molecule has 1 aliphatic heterocycles. The summed E-state index contributed by atoms with van der Waals surface area (Å²) in [6.45, 7) is 1.39. The van der Waals surface area contributed by atoms with Gasteiger partial charge in [-0.25, -0.2) is 10.1 Å². The summed E-state index contributed by atoms with van der Waals surface area (Å²) in [6.07, 6.45) is 1.62. The van der Waals surface area contributed by atoms with Crippen molar-refractivity contribution in [2.45, 2.75) is 0 Å². The molecule has 8 heavy (non-hydrogen) atoms. The van der Waals surface area contributed by atoms with E-state index in [2.05, 4.69) is 0 Å². The minimum Gasteiger partial charge on any atom is -0.234 e. The van der Waals surface area contributed by atoms with Gasteiger partial charge < -0.3 is 0 Å². The lowest BCUT2D eigenvalue weighted by molar-refractivity contribution is -0.606. The van der Waals surface area contributed by atoms with E-state index in [9.17, 15) is 10.1 Å². The van der Waals surface area contributed by atoms with Crippen LogP contribution in [0, 0.1) is 16.7 Å². The minimum atomic E-state index is -0.481. The molecule has 0 fully saturated rings. The predicted molar refractivity (Wildman–Crippen MR) is 29.9 cm³/mol. The van der Waals surface area contributed by atoms with E-state index in [1.165, 1.54) is 6.54 Å². The minimum absolute atomic E-state index is 0.481. The largest absolute Gasteiger partial charge is 0.234 e. The standard InChI is InChI=1S/C3H3N2O2S/c6-5(7)4-2-1-3-8-4/h1-3H. The molecule has 0 saturated heterocycles. The highest BCUT2D eigenvalue weighted by Gasteiger charge is 2.15. The van der Waals surface area contributed by atoms with Gasteiger partial charge in [0.2, 0.25) is 0 Å². The van der Waals surface area contributed by atoms with Gasteiger partial charge in [-0.15, -0.1) is 0 Å². The van der Waals surface area contributed by atoms with Gasteiger partial charge in [-0.2, -0.15) is 0 Å². The van der Waals surface area contributed by atoms with Gasteiger partial charge >= 0.3 is 0 Å². The Labute approximate surface area is 50.4 Å². The Morgan fingerprint density at radius 3 is 2.75 bits per heavy atom. The zero-order valence-electron chi connectivity index (χ0n) is 3.85. The van der Waals surface area contributed by atoms with Crippen molar-refractivity contribution in [1.82, 2.24) is 4.41 Å². The highest BCUT2D eigenvalue weighted by molar-refractivity contribution is 8.00. The van der Waals surface area contributed by atoms with Gasteiger partial charge in [-0.1, -0.05) is 4.41 Å². The van der Waals surface area contributed by atoms with Gasteiger partial charge in [0, 0.05) is 11.9 Å². The third-order valence-electron chi connectivity index (χ3n) is 0.622. The normalized spacial score (nSPS) is 17.2. The molecule has 0 spiro atoms. The van der Waals surface area contributed by atoms with Crippen molar-refractivity contribution in [3.05, 3.63) is 28.1 Å². The first-order chi connectivity index (χ1) is 3.80. The summed E-state index contributed by atoms with van der Waals surface area (Å²) < 4.78 is 0.931. The monoisotopic (exact) mass is 131 g/mol. The van der Waals surface area contributed by atoms with Crippen molar-refractivity contribution in [2.75, 3.05) is 0 Å². The van der Waals surface area contributed by atoms with Crippen LogP contribution in [-0.4, -0.2) is 9.45 Å². The third-order valence-corrected chi connectivity index (χ3v) is 1.37. The molecule has 0 aromatic heterocycles. The Kier molecular flexibility index (Phi) is 1.38. The summed E-state index contributed by atoms with van der Waals surface area (Å²) in [7, 11) is 0. The molecule has 1 rings (SSSR count). The van der Waals surface area contributed by atoms with Crippen molar-refractivity contribution in [1.29, 1.82) is 0 Å². The molecule has 5 heteroatoms. The van der Waals surface area contributed by atoms with Crippen molar-refractivity contribution in [3.63, 3.8) is 0 Å². The van der Waals surface area contributed by atoms with Gasteiger partial charge in [0.05, 0.1) is 0 Å². The van der Waals surface area contributed by atoms with Crippen molar-refractivity contribution >= 4 is 11.9 Å². The average Bonchev–Trinajstić information content (AvgIpc) is 2.12. The van der Waals surface area contributed by atoms with E-state index in [0.717, 1.165) is 16.4 Å². The lowest BCUT2D eigenvalue weighted by Crippen LogP contribution is -2.15. The Bertz CT molecular complexity index is 127. The number of nitro groups is 1.